The Morgan fingerprint density at radius 1 is 1.03 bits per heavy atom. The first kappa shape index (κ1) is 21.3. The monoisotopic (exact) mass is 421 g/mol. The predicted octanol–water partition coefficient (Wildman–Crippen LogP) is 3.94. The molecule has 4 rings (SSSR count). The fraction of sp³-hybridized carbons (Fsp3) is 0.320. The van der Waals surface area contributed by atoms with Crippen molar-refractivity contribution in [3.63, 3.8) is 0 Å². The number of nitrogens with zero attached hydrogens (tertiary/aromatic N) is 3. The molecule has 1 fully saturated rings. The number of aromatic nitrogens is 1. The second kappa shape index (κ2) is 9.45. The van der Waals surface area contributed by atoms with Crippen LogP contribution in [0.15, 0.2) is 60.8 Å². The third-order valence-electron chi connectivity index (χ3n) is 5.88. The minimum absolute atomic E-state index is 0.311. The molecule has 0 aliphatic carbocycles. The van der Waals surface area contributed by atoms with E-state index in [4.69, 9.17) is 4.74 Å². The van der Waals surface area contributed by atoms with E-state index < -0.39 is 6.10 Å². The average molecular weight is 422 g/mol. The summed E-state index contributed by atoms with van der Waals surface area (Å²) in [5.41, 5.74) is 3.71. The molecule has 5 nitrogen and oxygen atoms in total. The second-order valence-corrected chi connectivity index (χ2v) is 7.90. The van der Waals surface area contributed by atoms with Crippen LogP contribution < -0.4 is 9.64 Å². The van der Waals surface area contributed by atoms with Crippen molar-refractivity contribution in [2.45, 2.75) is 19.6 Å². The Morgan fingerprint density at radius 3 is 2.45 bits per heavy atom. The number of rotatable bonds is 6. The molecule has 0 bridgehead atoms. The quantitative estimate of drug-likeness (QED) is 0.653. The van der Waals surface area contributed by atoms with Crippen LogP contribution >= 0.6 is 0 Å². The largest absolute Gasteiger partial charge is 0.497 e. The summed E-state index contributed by atoms with van der Waals surface area (Å²) in [5, 5.41) is 11.0. The Labute approximate surface area is 182 Å². The van der Waals surface area contributed by atoms with Gasteiger partial charge in [0.25, 0.3) is 0 Å². The van der Waals surface area contributed by atoms with Gasteiger partial charge in [0.05, 0.1) is 18.5 Å². The van der Waals surface area contributed by atoms with Crippen LogP contribution in [0.25, 0.3) is 0 Å². The lowest BCUT2D eigenvalue weighted by molar-refractivity contribution is 0.213. The molecule has 0 radical (unpaired) electrons. The number of anilines is 1. The van der Waals surface area contributed by atoms with Crippen LogP contribution in [0.3, 0.4) is 0 Å². The number of halogens is 1. The van der Waals surface area contributed by atoms with E-state index in [1.165, 1.54) is 11.6 Å². The summed E-state index contributed by atoms with van der Waals surface area (Å²) in [6.45, 7) is 5.77. The van der Waals surface area contributed by atoms with E-state index in [2.05, 4.69) is 22.0 Å². The van der Waals surface area contributed by atoms with E-state index in [0.29, 0.717) is 30.0 Å². The Balaban J connectivity index is 1.49. The third-order valence-corrected chi connectivity index (χ3v) is 5.88. The number of para-hydroxylation sites is 1. The number of aliphatic hydroxyl groups excluding tert-OH is 1. The van der Waals surface area contributed by atoms with Gasteiger partial charge in [0.15, 0.2) is 0 Å². The molecule has 0 amide bonds. The SMILES string of the molecule is COc1ccc(CN2CCN(c3c(F)cccc3[C@H](O)c3ncccc3C)CC2)cc1. The van der Waals surface area contributed by atoms with E-state index >= 15 is 0 Å². The van der Waals surface area contributed by atoms with Gasteiger partial charge >= 0.3 is 0 Å². The molecule has 6 heteroatoms. The second-order valence-electron chi connectivity index (χ2n) is 7.90. The first-order valence-electron chi connectivity index (χ1n) is 10.5. The van der Waals surface area contributed by atoms with Gasteiger partial charge in [0.2, 0.25) is 0 Å². The van der Waals surface area contributed by atoms with Crippen molar-refractivity contribution in [2.75, 3.05) is 38.2 Å². The van der Waals surface area contributed by atoms with Crippen LogP contribution in [0.5, 0.6) is 5.75 Å². The maximum Gasteiger partial charge on any atom is 0.146 e. The number of aryl methyl sites for hydroxylation is 1. The Hall–Kier alpha value is -2.96. The first-order valence-corrected chi connectivity index (χ1v) is 10.5. The molecular weight excluding hydrogens is 393 g/mol. The van der Waals surface area contributed by atoms with Gasteiger partial charge in [-0.15, -0.1) is 0 Å². The summed E-state index contributed by atoms with van der Waals surface area (Å²) >= 11 is 0. The van der Waals surface area contributed by atoms with Gasteiger partial charge < -0.3 is 14.7 Å². The number of pyridine rings is 1. The lowest BCUT2D eigenvalue weighted by Gasteiger charge is -2.37. The molecule has 3 aromatic rings. The average Bonchev–Trinajstić information content (AvgIpc) is 2.80. The van der Waals surface area contributed by atoms with E-state index in [9.17, 15) is 9.50 Å². The summed E-state index contributed by atoms with van der Waals surface area (Å²) < 4.78 is 20.2. The smallest absolute Gasteiger partial charge is 0.146 e. The summed E-state index contributed by atoms with van der Waals surface area (Å²) in [4.78, 5) is 8.73. The molecule has 1 aliphatic rings. The Morgan fingerprint density at radius 2 is 1.77 bits per heavy atom. The molecule has 0 unspecified atom stereocenters. The van der Waals surface area contributed by atoms with Crippen molar-refractivity contribution in [1.29, 1.82) is 0 Å². The number of benzene rings is 2. The van der Waals surface area contributed by atoms with Gasteiger partial charge in [-0.3, -0.25) is 9.88 Å². The molecule has 1 aliphatic heterocycles. The predicted molar refractivity (Wildman–Crippen MR) is 120 cm³/mol. The van der Waals surface area contributed by atoms with Crippen LogP contribution in [0.4, 0.5) is 10.1 Å². The topological polar surface area (TPSA) is 48.8 Å². The lowest BCUT2D eigenvalue weighted by Crippen LogP contribution is -2.46. The third kappa shape index (κ3) is 4.70. The molecule has 162 valence electrons. The molecule has 1 aromatic heterocycles. The van der Waals surface area contributed by atoms with Gasteiger partial charge in [0.1, 0.15) is 17.7 Å². The van der Waals surface area contributed by atoms with Gasteiger partial charge in [-0.05, 0) is 42.3 Å². The van der Waals surface area contributed by atoms with Gasteiger partial charge in [0, 0.05) is 44.5 Å². The lowest BCUT2D eigenvalue weighted by atomic mass is 9.99. The number of aliphatic hydroxyl groups is 1. The van der Waals surface area contributed by atoms with Gasteiger partial charge in [-0.2, -0.15) is 0 Å². The Kier molecular flexibility index (Phi) is 6.49. The first-order chi connectivity index (χ1) is 15.1. The molecule has 31 heavy (non-hydrogen) atoms. The number of piperazine rings is 1. The van der Waals surface area contributed by atoms with Crippen molar-refractivity contribution in [3.8, 4) is 5.75 Å². The van der Waals surface area contributed by atoms with Crippen molar-refractivity contribution < 1.29 is 14.2 Å². The fourth-order valence-electron chi connectivity index (χ4n) is 4.14. The Bertz CT molecular complexity index is 1020. The van der Waals surface area contributed by atoms with Crippen molar-refractivity contribution in [2.24, 2.45) is 0 Å². The highest BCUT2D eigenvalue weighted by atomic mass is 19.1. The molecule has 1 saturated heterocycles. The maximum absolute atomic E-state index is 14.9. The molecule has 2 heterocycles. The zero-order valence-corrected chi connectivity index (χ0v) is 18.0. The number of hydrogen-bond acceptors (Lipinski definition) is 5. The van der Waals surface area contributed by atoms with Gasteiger partial charge in [-0.25, -0.2) is 4.39 Å². The molecule has 1 atom stereocenters. The van der Waals surface area contributed by atoms with E-state index in [-0.39, 0.29) is 5.82 Å². The molecular formula is C25H28FN3O2. The summed E-state index contributed by atoms with van der Waals surface area (Å²) in [7, 11) is 1.66. The van der Waals surface area contributed by atoms with E-state index in [1.54, 1.807) is 25.4 Å². The number of hydrogen-bond donors (Lipinski definition) is 1. The van der Waals surface area contributed by atoms with E-state index in [0.717, 1.165) is 30.9 Å². The van der Waals surface area contributed by atoms with Crippen LogP contribution in [-0.4, -0.2) is 48.3 Å². The number of ether oxygens (including phenoxy) is 1. The normalized spacial score (nSPS) is 15.7. The molecule has 2 aromatic carbocycles. The van der Waals surface area contributed by atoms with Crippen LogP contribution in [0.2, 0.25) is 0 Å². The van der Waals surface area contributed by atoms with Crippen molar-refractivity contribution in [1.82, 2.24) is 9.88 Å². The van der Waals surface area contributed by atoms with E-state index in [1.807, 2.05) is 36.1 Å². The highest BCUT2D eigenvalue weighted by Gasteiger charge is 2.26. The number of methoxy groups -OCH3 is 1. The van der Waals surface area contributed by atoms with Crippen LogP contribution in [0.1, 0.15) is 28.5 Å². The molecule has 0 saturated carbocycles. The minimum Gasteiger partial charge on any atom is -0.497 e. The molecule has 0 spiro atoms. The zero-order chi connectivity index (χ0) is 21.8. The summed E-state index contributed by atoms with van der Waals surface area (Å²) in [6.07, 6.45) is 0.687. The standard InChI is InChI=1S/C25H28FN3O2/c1-18-5-4-12-27-23(18)25(30)21-6-3-7-22(26)24(21)29-15-13-28(14-16-29)17-19-8-10-20(31-2)11-9-19/h3-12,25,30H,13-17H2,1-2H3/t25-/m0/s1. The van der Waals surface area contributed by atoms with Gasteiger partial charge in [-0.1, -0.05) is 30.3 Å². The highest BCUT2D eigenvalue weighted by molar-refractivity contribution is 5.58. The fourth-order valence-corrected chi connectivity index (χ4v) is 4.14. The summed E-state index contributed by atoms with van der Waals surface area (Å²) in [6, 6.07) is 16.7. The van der Waals surface area contributed by atoms with Crippen molar-refractivity contribution in [3.05, 3.63) is 89.0 Å². The minimum atomic E-state index is -0.968. The molecule has 1 N–H and O–H groups in total. The highest BCUT2D eigenvalue weighted by Crippen LogP contribution is 2.34. The van der Waals surface area contributed by atoms with Crippen LogP contribution in [0, 0.1) is 12.7 Å². The van der Waals surface area contributed by atoms with Crippen molar-refractivity contribution >= 4 is 5.69 Å². The maximum atomic E-state index is 14.9. The van der Waals surface area contributed by atoms with Crippen LogP contribution in [-0.2, 0) is 6.54 Å². The zero-order valence-electron chi connectivity index (χ0n) is 18.0. The summed E-state index contributed by atoms with van der Waals surface area (Å²) in [5.74, 6) is 0.538.